The number of carbonyl (C=O) groups is 1. The van der Waals surface area contributed by atoms with Crippen LogP contribution in [-0.2, 0) is 18.8 Å². The lowest BCUT2D eigenvalue weighted by atomic mass is 9.96. The summed E-state index contributed by atoms with van der Waals surface area (Å²) < 4.78 is 80.9. The Morgan fingerprint density at radius 3 is 2.05 bits per heavy atom. The van der Waals surface area contributed by atoms with Gasteiger partial charge in [0.1, 0.15) is 0 Å². The van der Waals surface area contributed by atoms with E-state index < -0.39 is 52.1 Å². The van der Waals surface area contributed by atoms with Crippen molar-refractivity contribution in [1.82, 2.24) is 9.80 Å². The number of piperazine rings is 1. The zero-order valence-corrected chi connectivity index (χ0v) is 22.2. The summed E-state index contributed by atoms with van der Waals surface area (Å²) in [5.74, 6) is -1.01. The van der Waals surface area contributed by atoms with Gasteiger partial charge in [0.15, 0.2) is 0 Å². The molecular formula is C29H27F6N3O3. The molecule has 1 fully saturated rings. The van der Waals surface area contributed by atoms with Crippen molar-refractivity contribution in [1.29, 1.82) is 0 Å². The van der Waals surface area contributed by atoms with Gasteiger partial charge in [-0.15, -0.1) is 0 Å². The third-order valence-corrected chi connectivity index (χ3v) is 7.30. The molecular weight excluding hydrogens is 552 g/mol. The summed E-state index contributed by atoms with van der Waals surface area (Å²) in [5, 5.41) is 12.1. The van der Waals surface area contributed by atoms with Gasteiger partial charge in [-0.2, -0.15) is 26.3 Å². The van der Waals surface area contributed by atoms with Crippen molar-refractivity contribution in [3.63, 3.8) is 0 Å². The number of benzene rings is 3. The van der Waals surface area contributed by atoms with Gasteiger partial charge >= 0.3 is 12.4 Å². The van der Waals surface area contributed by atoms with Crippen LogP contribution in [0.25, 0.3) is 0 Å². The number of rotatable bonds is 6. The van der Waals surface area contributed by atoms with Gasteiger partial charge in [0.05, 0.1) is 11.1 Å². The first-order chi connectivity index (χ1) is 19.1. The number of carbonyl (C=O) groups excluding carboxylic acids is 1. The largest absolute Gasteiger partial charge is 0.416 e. The summed E-state index contributed by atoms with van der Waals surface area (Å²) >= 11 is 0. The van der Waals surface area contributed by atoms with Gasteiger partial charge in [-0.1, -0.05) is 48.5 Å². The second kappa shape index (κ2) is 11.5. The summed E-state index contributed by atoms with van der Waals surface area (Å²) in [4.78, 5) is 28.1. The summed E-state index contributed by atoms with van der Waals surface area (Å²) in [6.45, 7) is 3.62. The Morgan fingerprint density at radius 1 is 0.902 bits per heavy atom. The highest BCUT2D eigenvalue weighted by Crippen LogP contribution is 2.37. The molecule has 1 saturated heterocycles. The van der Waals surface area contributed by atoms with Crippen LogP contribution in [-0.4, -0.2) is 46.3 Å². The third-order valence-electron chi connectivity index (χ3n) is 7.30. The normalized spacial score (nSPS) is 17.4. The smallest absolute Gasteiger partial charge is 0.333 e. The van der Waals surface area contributed by atoms with E-state index in [-0.39, 0.29) is 32.1 Å². The van der Waals surface area contributed by atoms with E-state index in [0.717, 1.165) is 16.7 Å². The Kier molecular flexibility index (Phi) is 8.44. The highest BCUT2D eigenvalue weighted by Gasteiger charge is 2.41. The summed E-state index contributed by atoms with van der Waals surface area (Å²) in [7, 11) is 0. The third kappa shape index (κ3) is 6.87. The monoisotopic (exact) mass is 579 g/mol. The van der Waals surface area contributed by atoms with Crippen molar-refractivity contribution in [2.24, 2.45) is 0 Å². The number of hydrogen-bond donors (Lipinski definition) is 0. The molecule has 4 rings (SSSR count). The second-order valence-electron chi connectivity index (χ2n) is 10.1. The van der Waals surface area contributed by atoms with Gasteiger partial charge in [-0.3, -0.25) is 14.9 Å². The maximum atomic E-state index is 13.6. The van der Waals surface area contributed by atoms with Crippen molar-refractivity contribution < 1.29 is 36.1 Å². The standard InChI is InChI=1S/C29H27F6N3O3/c1-18-8-9-20(12-19(18)2)13-25-17-36(26(38(40)41)21-6-4-3-5-7-21)10-11-37(25)27(39)22-14-23(28(30,31)32)16-24(15-22)29(33,34)35/h3-9,12,14-16,25-26H,10-11,13,17H2,1-2H3/t25-,26?/m1/s1. The molecule has 6 nitrogen and oxygen atoms in total. The average molecular weight is 580 g/mol. The Balaban J connectivity index is 1.73. The number of nitro groups is 1. The molecule has 0 radical (unpaired) electrons. The van der Waals surface area contributed by atoms with Gasteiger partial charge in [0, 0.05) is 41.7 Å². The molecule has 2 atom stereocenters. The second-order valence-corrected chi connectivity index (χ2v) is 10.1. The van der Waals surface area contributed by atoms with Gasteiger partial charge in [-0.05, 0) is 55.2 Å². The molecule has 12 heteroatoms. The van der Waals surface area contributed by atoms with Crippen LogP contribution in [0.1, 0.15) is 49.9 Å². The summed E-state index contributed by atoms with van der Waals surface area (Å²) in [6.07, 6.45) is -11.3. The fourth-order valence-corrected chi connectivity index (χ4v) is 5.08. The Morgan fingerprint density at radius 2 is 1.51 bits per heavy atom. The first-order valence-electron chi connectivity index (χ1n) is 12.7. The van der Waals surface area contributed by atoms with Crippen LogP contribution in [0.3, 0.4) is 0 Å². The molecule has 0 aliphatic carbocycles. The molecule has 1 amide bonds. The molecule has 0 spiro atoms. The van der Waals surface area contributed by atoms with Gasteiger partial charge < -0.3 is 4.90 Å². The topological polar surface area (TPSA) is 66.7 Å². The first kappa shape index (κ1) is 30.0. The first-order valence-corrected chi connectivity index (χ1v) is 12.7. The van der Waals surface area contributed by atoms with E-state index in [1.165, 1.54) is 4.90 Å². The Hall–Kier alpha value is -3.93. The van der Waals surface area contributed by atoms with Crippen LogP contribution in [0, 0.1) is 24.0 Å². The van der Waals surface area contributed by atoms with E-state index in [9.17, 15) is 41.3 Å². The molecule has 0 saturated carbocycles. The van der Waals surface area contributed by atoms with Crippen LogP contribution in [0.4, 0.5) is 26.3 Å². The van der Waals surface area contributed by atoms with Crippen molar-refractivity contribution in [3.8, 4) is 0 Å². The fraction of sp³-hybridized carbons (Fsp3) is 0.345. The van der Waals surface area contributed by atoms with E-state index in [1.54, 1.807) is 35.2 Å². The maximum Gasteiger partial charge on any atom is 0.416 e. The quantitative estimate of drug-likeness (QED) is 0.186. The number of nitrogens with zero attached hydrogens (tertiary/aromatic N) is 3. The number of amides is 1. The van der Waals surface area contributed by atoms with Gasteiger partial charge in [-0.25, -0.2) is 4.90 Å². The molecule has 41 heavy (non-hydrogen) atoms. The minimum absolute atomic E-state index is 0.0131. The molecule has 0 aromatic heterocycles. The maximum absolute atomic E-state index is 13.6. The van der Waals surface area contributed by atoms with E-state index in [4.69, 9.17) is 0 Å². The van der Waals surface area contributed by atoms with Crippen molar-refractivity contribution in [2.45, 2.75) is 44.8 Å². The summed E-state index contributed by atoms with van der Waals surface area (Å²) in [5.41, 5.74) is -0.777. The summed E-state index contributed by atoms with van der Waals surface area (Å²) in [6, 6.07) is 13.8. The van der Waals surface area contributed by atoms with Gasteiger partial charge in [0.25, 0.3) is 12.1 Å². The van der Waals surface area contributed by atoms with Crippen LogP contribution in [0.5, 0.6) is 0 Å². The SMILES string of the molecule is Cc1ccc(C[C@@H]2CN(C(c3ccccc3)[N+](=O)[O-])CCN2C(=O)c2cc(C(F)(F)F)cc(C(F)(F)F)c2)cc1C. The average Bonchev–Trinajstić information content (AvgIpc) is 2.90. The molecule has 0 bridgehead atoms. The number of alkyl halides is 6. The number of hydrogen-bond acceptors (Lipinski definition) is 4. The highest BCUT2D eigenvalue weighted by molar-refractivity contribution is 5.95. The molecule has 1 aliphatic heterocycles. The van der Waals surface area contributed by atoms with Crippen molar-refractivity contribution >= 4 is 5.91 Å². The Labute approximate surface area is 232 Å². The van der Waals surface area contributed by atoms with Crippen LogP contribution in [0.15, 0.2) is 66.7 Å². The lowest BCUT2D eigenvalue weighted by Gasteiger charge is -2.42. The predicted octanol–water partition coefficient (Wildman–Crippen LogP) is 6.69. The molecule has 0 N–H and O–H groups in total. The van der Waals surface area contributed by atoms with Crippen LogP contribution < -0.4 is 0 Å². The molecule has 3 aromatic rings. The zero-order valence-electron chi connectivity index (χ0n) is 22.2. The van der Waals surface area contributed by atoms with E-state index in [0.29, 0.717) is 17.7 Å². The fourth-order valence-electron chi connectivity index (χ4n) is 5.08. The van der Waals surface area contributed by atoms with E-state index >= 15 is 0 Å². The molecule has 218 valence electrons. The lowest BCUT2D eigenvalue weighted by molar-refractivity contribution is -0.559. The van der Waals surface area contributed by atoms with Crippen LogP contribution >= 0.6 is 0 Å². The molecule has 1 aliphatic rings. The number of halogens is 6. The van der Waals surface area contributed by atoms with E-state index in [2.05, 4.69) is 0 Å². The van der Waals surface area contributed by atoms with Gasteiger partial charge in [0.2, 0.25) is 0 Å². The van der Waals surface area contributed by atoms with Crippen molar-refractivity contribution in [3.05, 3.63) is 116 Å². The molecule has 1 unspecified atom stereocenters. The lowest BCUT2D eigenvalue weighted by Crippen LogP contribution is -2.57. The number of aryl methyl sites for hydroxylation is 2. The minimum Gasteiger partial charge on any atom is -0.333 e. The zero-order chi connectivity index (χ0) is 30.1. The highest BCUT2D eigenvalue weighted by atomic mass is 19.4. The molecule has 1 heterocycles. The van der Waals surface area contributed by atoms with Crippen molar-refractivity contribution in [2.75, 3.05) is 19.6 Å². The molecule has 3 aromatic carbocycles. The van der Waals surface area contributed by atoms with E-state index in [1.807, 2.05) is 32.0 Å². The predicted molar refractivity (Wildman–Crippen MR) is 139 cm³/mol. The minimum atomic E-state index is -5.11. The Bertz CT molecular complexity index is 1390. The van der Waals surface area contributed by atoms with Crippen LogP contribution in [0.2, 0.25) is 0 Å².